The van der Waals surface area contributed by atoms with Crippen molar-refractivity contribution in [2.45, 2.75) is 60.8 Å². The maximum Gasteiger partial charge on any atom is 0.295 e. The van der Waals surface area contributed by atoms with Gasteiger partial charge in [-0.3, -0.25) is 0 Å². The summed E-state index contributed by atoms with van der Waals surface area (Å²) in [6.07, 6.45) is 4.34. The molecule has 36 heavy (non-hydrogen) atoms. The maximum atomic E-state index is 4.15. The minimum atomic E-state index is 0.0704. The first kappa shape index (κ1) is 25.7. The molecule has 0 spiro atoms. The van der Waals surface area contributed by atoms with Gasteiger partial charge in [-0.15, -0.1) is 0 Å². The average Bonchev–Trinajstić information content (AvgIpc) is 3.11. The highest BCUT2D eigenvalue weighted by molar-refractivity contribution is 5.93. The molecule has 0 saturated carbocycles. The van der Waals surface area contributed by atoms with Gasteiger partial charge in [-0.2, -0.15) is 4.57 Å². The predicted octanol–water partition coefficient (Wildman–Crippen LogP) is 8.86. The van der Waals surface area contributed by atoms with E-state index in [1.165, 1.54) is 44.2 Å². The summed E-state index contributed by atoms with van der Waals surface area (Å²) in [4.78, 5) is 0. The number of imidazole rings is 1. The molecule has 4 aromatic rings. The average molecular weight is 478 g/mol. The fraction of sp³-hybridized carbons (Fsp3) is 0.324. The second-order valence-electron chi connectivity index (χ2n) is 12.0. The van der Waals surface area contributed by atoms with Crippen LogP contribution in [-0.4, -0.2) is 4.57 Å². The molecular weight excluding hydrogens is 436 g/mol. The molecule has 0 aliphatic heterocycles. The molecule has 0 atom stereocenters. The number of fused-ring (bicyclic) bond motifs is 2. The molecule has 0 saturated heterocycles. The van der Waals surface area contributed by atoms with E-state index in [4.69, 9.17) is 0 Å². The van der Waals surface area contributed by atoms with Crippen molar-refractivity contribution in [2.24, 2.45) is 12.5 Å². The van der Waals surface area contributed by atoms with Gasteiger partial charge in [-0.25, -0.2) is 4.57 Å². The highest BCUT2D eigenvalue weighted by Crippen LogP contribution is 2.35. The molecule has 0 radical (unpaired) electrons. The quantitative estimate of drug-likeness (QED) is 0.205. The number of rotatable bonds is 4. The van der Waals surface area contributed by atoms with E-state index in [2.05, 4.69) is 145 Å². The topological polar surface area (TPSA) is 8.81 Å². The number of allylic oxidation sites excluding steroid dienone is 5. The van der Waals surface area contributed by atoms with E-state index in [-0.39, 0.29) is 10.8 Å². The fourth-order valence-corrected chi connectivity index (χ4v) is 4.67. The molecule has 1 aromatic heterocycles. The maximum absolute atomic E-state index is 4.15. The van der Waals surface area contributed by atoms with Gasteiger partial charge in [0.15, 0.2) is 11.0 Å². The lowest BCUT2D eigenvalue weighted by molar-refractivity contribution is -0.647. The molecule has 0 aliphatic carbocycles. The summed E-state index contributed by atoms with van der Waals surface area (Å²) >= 11 is 0. The van der Waals surface area contributed by atoms with Gasteiger partial charge >= 0.3 is 0 Å². The summed E-state index contributed by atoms with van der Waals surface area (Å²) in [7, 11) is 2.20. The van der Waals surface area contributed by atoms with Crippen LogP contribution in [0.2, 0.25) is 0 Å². The van der Waals surface area contributed by atoms with E-state index in [0.717, 1.165) is 11.4 Å². The first-order valence-electron chi connectivity index (χ1n) is 12.9. The van der Waals surface area contributed by atoms with Crippen molar-refractivity contribution >= 4 is 27.4 Å². The number of benzene rings is 3. The van der Waals surface area contributed by atoms with Gasteiger partial charge in [0.2, 0.25) is 0 Å². The summed E-state index contributed by atoms with van der Waals surface area (Å²) in [5.41, 5.74) is 8.78. The van der Waals surface area contributed by atoms with E-state index in [1.807, 2.05) is 6.08 Å². The Morgan fingerprint density at radius 2 is 1.56 bits per heavy atom. The van der Waals surface area contributed by atoms with Crippen LogP contribution in [-0.2, 0) is 12.5 Å². The second-order valence-corrected chi connectivity index (χ2v) is 12.0. The molecule has 0 unspecified atom stereocenters. The molecule has 4 rings (SSSR count). The molecule has 0 aliphatic rings. The van der Waals surface area contributed by atoms with Crippen LogP contribution in [0.5, 0.6) is 0 Å². The van der Waals surface area contributed by atoms with Crippen LogP contribution in [0.3, 0.4) is 0 Å². The Morgan fingerprint density at radius 1 is 0.889 bits per heavy atom. The molecule has 1 heterocycles. The van der Waals surface area contributed by atoms with Crippen molar-refractivity contribution in [1.82, 2.24) is 4.57 Å². The van der Waals surface area contributed by atoms with E-state index in [0.29, 0.717) is 0 Å². The zero-order valence-corrected chi connectivity index (χ0v) is 23.5. The molecular formula is C34H41N2+. The molecule has 3 aromatic carbocycles. The lowest BCUT2D eigenvalue weighted by atomic mass is 9.86. The minimum Gasteiger partial charge on any atom is -0.225 e. The number of nitrogens with zero attached hydrogens (tertiary/aromatic N) is 2. The van der Waals surface area contributed by atoms with Crippen LogP contribution in [0.1, 0.15) is 66.8 Å². The van der Waals surface area contributed by atoms with Gasteiger partial charge in [0, 0.05) is 5.39 Å². The highest BCUT2D eigenvalue weighted by Gasteiger charge is 2.30. The molecule has 2 heteroatoms. The van der Waals surface area contributed by atoms with Gasteiger partial charge in [-0.05, 0) is 65.5 Å². The summed E-state index contributed by atoms with van der Waals surface area (Å²) in [6, 6.07) is 22.2. The Morgan fingerprint density at radius 3 is 2.19 bits per heavy atom. The third-order valence-electron chi connectivity index (χ3n) is 7.50. The third-order valence-corrected chi connectivity index (χ3v) is 7.50. The fourth-order valence-electron chi connectivity index (χ4n) is 4.67. The number of aromatic nitrogens is 2. The summed E-state index contributed by atoms with van der Waals surface area (Å²) < 4.78 is 4.81. The van der Waals surface area contributed by atoms with Crippen LogP contribution < -0.4 is 4.57 Å². The lowest BCUT2D eigenvalue weighted by Gasteiger charge is -2.20. The van der Waals surface area contributed by atoms with Crippen LogP contribution in [0, 0.1) is 5.41 Å². The Labute approximate surface area is 217 Å². The molecule has 0 bridgehead atoms. The lowest BCUT2D eigenvalue weighted by Crippen LogP contribution is -2.33. The first-order valence-corrected chi connectivity index (χ1v) is 12.9. The van der Waals surface area contributed by atoms with E-state index >= 15 is 0 Å². The van der Waals surface area contributed by atoms with Gasteiger partial charge in [0.05, 0.1) is 12.6 Å². The Hall–Kier alpha value is -3.39. The van der Waals surface area contributed by atoms with Gasteiger partial charge in [0.1, 0.15) is 5.69 Å². The van der Waals surface area contributed by atoms with Crippen molar-refractivity contribution in [3.8, 4) is 5.69 Å². The second kappa shape index (κ2) is 9.24. The highest BCUT2D eigenvalue weighted by atomic mass is 15.2. The van der Waals surface area contributed by atoms with Crippen molar-refractivity contribution in [2.75, 3.05) is 0 Å². The first-order chi connectivity index (χ1) is 16.8. The summed E-state index contributed by atoms with van der Waals surface area (Å²) in [5, 5.41) is 2.48. The van der Waals surface area contributed by atoms with E-state index in [1.54, 1.807) is 0 Å². The summed E-state index contributed by atoms with van der Waals surface area (Å²) in [5.74, 6) is 1.16. The molecule has 186 valence electrons. The smallest absolute Gasteiger partial charge is 0.225 e. The SMILES string of the molecule is C=C/C(C)=C(\C=C(/C)C(C)(C)C)c1n(-c2cccc3ccccc23)c2ccc(C(C)(C)C)cc2[n+]1C. The van der Waals surface area contributed by atoms with Crippen LogP contribution in [0.15, 0.2) is 90.5 Å². The van der Waals surface area contributed by atoms with Crippen LogP contribution in [0.4, 0.5) is 0 Å². The third kappa shape index (κ3) is 4.57. The number of hydrogen-bond acceptors (Lipinski definition) is 0. The molecule has 2 nitrogen and oxygen atoms in total. The van der Waals surface area contributed by atoms with E-state index in [9.17, 15) is 0 Å². The normalized spacial score (nSPS) is 13.9. The van der Waals surface area contributed by atoms with Gasteiger partial charge in [-0.1, -0.05) is 102 Å². The van der Waals surface area contributed by atoms with Gasteiger partial charge in [0.25, 0.3) is 5.82 Å². The zero-order chi connectivity index (χ0) is 26.4. The largest absolute Gasteiger partial charge is 0.295 e. The van der Waals surface area contributed by atoms with Crippen molar-refractivity contribution < 1.29 is 4.57 Å². The Kier molecular flexibility index (Phi) is 6.60. The number of hydrogen-bond donors (Lipinski definition) is 0. The van der Waals surface area contributed by atoms with Gasteiger partial charge < -0.3 is 0 Å². The molecule has 0 N–H and O–H groups in total. The predicted molar refractivity (Wildman–Crippen MR) is 157 cm³/mol. The standard InChI is InChI=1S/C34H41N2/c1-11-23(2)28(21-24(3)33(4,5)6)32-35(10)31-22-26(34(7,8)9)19-20-30(31)36(32)29-18-14-16-25-15-12-13-17-27(25)29/h11-22H,1H2,2-10H3/q+1/b24-21+,28-23+. The monoisotopic (exact) mass is 477 g/mol. The van der Waals surface area contributed by atoms with Crippen molar-refractivity contribution in [1.29, 1.82) is 0 Å². The molecule has 0 fully saturated rings. The zero-order valence-electron chi connectivity index (χ0n) is 23.5. The van der Waals surface area contributed by atoms with Crippen LogP contribution in [0.25, 0.3) is 33.1 Å². The van der Waals surface area contributed by atoms with Crippen molar-refractivity contribution in [3.05, 3.63) is 102 Å². The number of aryl methyl sites for hydroxylation is 1. The Balaban J connectivity index is 2.21. The minimum absolute atomic E-state index is 0.0704. The molecule has 0 amide bonds. The van der Waals surface area contributed by atoms with Crippen LogP contribution >= 0.6 is 0 Å². The summed E-state index contributed by atoms with van der Waals surface area (Å²) in [6.45, 7) is 22.2. The van der Waals surface area contributed by atoms with Crippen molar-refractivity contribution in [3.63, 3.8) is 0 Å². The Bertz CT molecular complexity index is 1520. The van der Waals surface area contributed by atoms with E-state index < -0.39 is 0 Å².